The number of amides is 1. The van der Waals surface area contributed by atoms with Crippen LogP contribution in [0.5, 0.6) is 0 Å². The van der Waals surface area contributed by atoms with Crippen molar-refractivity contribution in [2.75, 3.05) is 0 Å². The van der Waals surface area contributed by atoms with E-state index in [2.05, 4.69) is 5.32 Å². The number of halogens is 1. The fourth-order valence-corrected chi connectivity index (χ4v) is 2.18. The van der Waals surface area contributed by atoms with Gasteiger partial charge < -0.3 is 5.32 Å². The van der Waals surface area contributed by atoms with Crippen LogP contribution < -0.4 is 5.32 Å². The molecule has 4 heteroatoms. The van der Waals surface area contributed by atoms with Crippen LogP contribution in [-0.2, 0) is 4.79 Å². The summed E-state index contributed by atoms with van der Waals surface area (Å²) >= 11 is 7.32. The number of nitrogens with one attached hydrogen (secondary N) is 1. The molecule has 1 aromatic rings. The number of rotatable bonds is 4. The summed E-state index contributed by atoms with van der Waals surface area (Å²) in [7, 11) is 0. The molecule has 0 heterocycles. The molecule has 0 radical (unpaired) electrons. The SMILES string of the molecule is CC(C)NC(=O)C(C)Sc1ccc(Cl)cc1. The Morgan fingerprint density at radius 3 is 2.31 bits per heavy atom. The maximum Gasteiger partial charge on any atom is 0.233 e. The highest BCUT2D eigenvalue weighted by atomic mass is 35.5. The predicted molar refractivity (Wildman–Crippen MR) is 70.0 cm³/mol. The number of hydrogen-bond donors (Lipinski definition) is 1. The molecule has 1 N–H and O–H groups in total. The highest BCUT2D eigenvalue weighted by Crippen LogP contribution is 2.24. The molecule has 0 aromatic heterocycles. The van der Waals surface area contributed by atoms with Gasteiger partial charge in [0.15, 0.2) is 0 Å². The number of thioether (sulfide) groups is 1. The molecule has 0 bridgehead atoms. The van der Waals surface area contributed by atoms with Crippen LogP contribution in [-0.4, -0.2) is 17.2 Å². The third kappa shape index (κ3) is 4.45. The summed E-state index contributed by atoms with van der Waals surface area (Å²) in [5.74, 6) is 0.0648. The first-order valence-electron chi connectivity index (χ1n) is 5.21. The molecule has 1 atom stereocenters. The number of carbonyl (C=O) groups is 1. The van der Waals surface area contributed by atoms with Crippen LogP contribution in [0.25, 0.3) is 0 Å². The molecule has 0 saturated heterocycles. The van der Waals surface area contributed by atoms with Crippen LogP contribution in [0.4, 0.5) is 0 Å². The molecular weight excluding hydrogens is 242 g/mol. The zero-order valence-electron chi connectivity index (χ0n) is 9.66. The summed E-state index contributed by atoms with van der Waals surface area (Å²) in [6.07, 6.45) is 0. The topological polar surface area (TPSA) is 29.1 Å². The van der Waals surface area contributed by atoms with Crippen LogP contribution in [0, 0.1) is 0 Å². The van der Waals surface area contributed by atoms with Crippen molar-refractivity contribution in [3.8, 4) is 0 Å². The van der Waals surface area contributed by atoms with Gasteiger partial charge in [0.2, 0.25) is 5.91 Å². The maximum absolute atomic E-state index is 11.7. The summed E-state index contributed by atoms with van der Waals surface area (Å²) in [6, 6.07) is 7.69. The molecule has 16 heavy (non-hydrogen) atoms. The van der Waals surface area contributed by atoms with E-state index in [1.54, 1.807) is 0 Å². The summed E-state index contributed by atoms with van der Waals surface area (Å²) < 4.78 is 0. The highest BCUT2D eigenvalue weighted by Gasteiger charge is 2.14. The van der Waals surface area contributed by atoms with Crippen molar-refractivity contribution in [3.63, 3.8) is 0 Å². The first-order chi connectivity index (χ1) is 7.49. The van der Waals surface area contributed by atoms with Crippen molar-refractivity contribution < 1.29 is 4.79 Å². The molecule has 1 aromatic carbocycles. The Kier molecular flexibility index (Phi) is 5.16. The van der Waals surface area contributed by atoms with Gasteiger partial charge in [-0.1, -0.05) is 11.6 Å². The third-order valence-electron chi connectivity index (χ3n) is 1.93. The van der Waals surface area contributed by atoms with Crippen molar-refractivity contribution in [1.82, 2.24) is 5.32 Å². The van der Waals surface area contributed by atoms with Gasteiger partial charge in [-0.3, -0.25) is 4.79 Å². The van der Waals surface area contributed by atoms with Gasteiger partial charge in [0.05, 0.1) is 5.25 Å². The van der Waals surface area contributed by atoms with Gasteiger partial charge in [0.1, 0.15) is 0 Å². The quantitative estimate of drug-likeness (QED) is 0.839. The Labute approximate surface area is 106 Å². The molecule has 88 valence electrons. The van der Waals surface area contributed by atoms with E-state index in [9.17, 15) is 4.79 Å². The van der Waals surface area contributed by atoms with E-state index < -0.39 is 0 Å². The van der Waals surface area contributed by atoms with E-state index in [4.69, 9.17) is 11.6 Å². The van der Waals surface area contributed by atoms with Crippen molar-refractivity contribution in [3.05, 3.63) is 29.3 Å². The summed E-state index contributed by atoms with van der Waals surface area (Å²) in [6.45, 7) is 5.81. The van der Waals surface area contributed by atoms with Crippen molar-refractivity contribution >= 4 is 29.3 Å². The van der Waals surface area contributed by atoms with E-state index in [-0.39, 0.29) is 17.2 Å². The van der Waals surface area contributed by atoms with Crippen LogP contribution in [0.1, 0.15) is 20.8 Å². The second kappa shape index (κ2) is 6.16. The predicted octanol–water partition coefficient (Wildman–Crippen LogP) is 3.35. The molecule has 1 amide bonds. The van der Waals surface area contributed by atoms with E-state index in [1.165, 1.54) is 11.8 Å². The van der Waals surface area contributed by atoms with Crippen molar-refractivity contribution in [2.45, 2.75) is 37.0 Å². The standard InChI is InChI=1S/C12H16ClNOS/c1-8(2)14-12(15)9(3)16-11-6-4-10(13)5-7-11/h4-9H,1-3H3,(H,14,15). The number of hydrogen-bond acceptors (Lipinski definition) is 2. The minimum absolute atomic E-state index is 0.0648. The number of carbonyl (C=O) groups excluding carboxylic acids is 1. The second-order valence-electron chi connectivity index (χ2n) is 3.88. The Morgan fingerprint density at radius 1 is 1.25 bits per heavy atom. The van der Waals surface area contributed by atoms with Crippen LogP contribution >= 0.6 is 23.4 Å². The minimum atomic E-state index is -0.0939. The molecule has 0 fully saturated rings. The lowest BCUT2D eigenvalue weighted by atomic mass is 10.3. The lowest BCUT2D eigenvalue weighted by Gasteiger charge is -2.14. The van der Waals surface area contributed by atoms with E-state index in [1.807, 2.05) is 45.0 Å². The van der Waals surface area contributed by atoms with Gasteiger partial charge in [-0.05, 0) is 45.0 Å². The van der Waals surface area contributed by atoms with Crippen LogP contribution in [0.3, 0.4) is 0 Å². The zero-order chi connectivity index (χ0) is 12.1. The Bertz CT molecular complexity index is 351. The Hall–Kier alpha value is -0.670. The monoisotopic (exact) mass is 257 g/mol. The lowest BCUT2D eigenvalue weighted by molar-refractivity contribution is -0.120. The van der Waals surface area contributed by atoms with Gasteiger partial charge in [-0.2, -0.15) is 0 Å². The molecule has 0 aliphatic rings. The fraction of sp³-hybridized carbons (Fsp3) is 0.417. The molecule has 0 aliphatic heterocycles. The first-order valence-corrected chi connectivity index (χ1v) is 6.47. The van der Waals surface area contributed by atoms with Gasteiger partial charge >= 0.3 is 0 Å². The Balaban J connectivity index is 2.53. The van der Waals surface area contributed by atoms with E-state index in [0.717, 1.165) is 4.90 Å². The second-order valence-corrected chi connectivity index (χ2v) is 5.73. The molecular formula is C12H16ClNOS. The largest absolute Gasteiger partial charge is 0.353 e. The van der Waals surface area contributed by atoms with Crippen LogP contribution in [0.2, 0.25) is 5.02 Å². The maximum atomic E-state index is 11.7. The average Bonchev–Trinajstić information content (AvgIpc) is 2.20. The van der Waals surface area contributed by atoms with Gasteiger partial charge in [0, 0.05) is 16.0 Å². The van der Waals surface area contributed by atoms with Crippen molar-refractivity contribution in [2.24, 2.45) is 0 Å². The number of benzene rings is 1. The molecule has 1 rings (SSSR count). The fourth-order valence-electron chi connectivity index (χ4n) is 1.17. The molecule has 1 unspecified atom stereocenters. The average molecular weight is 258 g/mol. The Morgan fingerprint density at radius 2 is 1.81 bits per heavy atom. The smallest absolute Gasteiger partial charge is 0.233 e. The molecule has 2 nitrogen and oxygen atoms in total. The summed E-state index contributed by atoms with van der Waals surface area (Å²) in [5.41, 5.74) is 0. The normalized spacial score (nSPS) is 12.6. The zero-order valence-corrected chi connectivity index (χ0v) is 11.2. The van der Waals surface area contributed by atoms with Gasteiger partial charge in [-0.15, -0.1) is 11.8 Å². The van der Waals surface area contributed by atoms with E-state index in [0.29, 0.717) is 5.02 Å². The van der Waals surface area contributed by atoms with Gasteiger partial charge in [-0.25, -0.2) is 0 Å². The summed E-state index contributed by atoms with van der Waals surface area (Å²) in [4.78, 5) is 12.7. The van der Waals surface area contributed by atoms with E-state index >= 15 is 0 Å². The summed E-state index contributed by atoms with van der Waals surface area (Å²) in [5, 5.41) is 3.51. The molecule has 0 saturated carbocycles. The third-order valence-corrected chi connectivity index (χ3v) is 3.29. The van der Waals surface area contributed by atoms with Crippen molar-refractivity contribution in [1.29, 1.82) is 0 Å². The molecule has 0 spiro atoms. The lowest BCUT2D eigenvalue weighted by Crippen LogP contribution is -2.35. The molecule has 0 aliphatic carbocycles. The van der Waals surface area contributed by atoms with Gasteiger partial charge in [0.25, 0.3) is 0 Å². The first kappa shape index (κ1) is 13.4. The minimum Gasteiger partial charge on any atom is -0.353 e. The highest BCUT2D eigenvalue weighted by molar-refractivity contribution is 8.00. The van der Waals surface area contributed by atoms with Crippen LogP contribution in [0.15, 0.2) is 29.2 Å².